The highest BCUT2D eigenvalue weighted by molar-refractivity contribution is 6.32. The largest absolute Gasteiger partial charge is 0.456 e. The van der Waals surface area contributed by atoms with E-state index in [0.29, 0.717) is 0 Å². The molecule has 0 aliphatic heterocycles. The Hall–Kier alpha value is -2.67. The quantitative estimate of drug-likeness (QED) is 0.830. The number of benzene rings is 1. The summed E-state index contributed by atoms with van der Waals surface area (Å²) < 4.78 is 10.2. The van der Waals surface area contributed by atoms with E-state index in [1.165, 1.54) is 6.20 Å². The number of ether oxygens (including phenoxy) is 2. The van der Waals surface area contributed by atoms with Crippen LogP contribution in [0.25, 0.3) is 0 Å². The standard InChI is InChI=1S/C17H18ClN3O4/c1-17(2,3)25-16(23)21-12-9-19-13(14(18)20-12)15(22)24-10-11-7-5-4-6-8-11/h4-9H,10H2,1-3H3,(H,20,21,23). The minimum absolute atomic E-state index is 0.0684. The maximum absolute atomic E-state index is 12.0. The molecule has 8 heteroatoms. The third kappa shape index (κ3) is 6.04. The Kier molecular flexibility index (Phi) is 5.93. The Balaban J connectivity index is 1.98. The minimum atomic E-state index is -0.704. The second kappa shape index (κ2) is 7.94. The number of rotatable bonds is 4. The second-order valence-electron chi connectivity index (χ2n) is 6.08. The number of aromatic nitrogens is 2. The highest BCUT2D eigenvalue weighted by Crippen LogP contribution is 2.16. The van der Waals surface area contributed by atoms with Crippen LogP contribution in [0.3, 0.4) is 0 Å². The molecule has 1 aromatic carbocycles. The van der Waals surface area contributed by atoms with Gasteiger partial charge < -0.3 is 9.47 Å². The van der Waals surface area contributed by atoms with Crippen molar-refractivity contribution in [1.82, 2.24) is 9.97 Å². The average Bonchev–Trinajstić information content (AvgIpc) is 2.52. The lowest BCUT2D eigenvalue weighted by atomic mass is 10.2. The number of nitrogens with one attached hydrogen (secondary N) is 1. The van der Waals surface area contributed by atoms with Gasteiger partial charge in [-0.2, -0.15) is 0 Å². The molecule has 0 spiro atoms. The molecule has 0 aliphatic rings. The van der Waals surface area contributed by atoms with E-state index in [9.17, 15) is 9.59 Å². The van der Waals surface area contributed by atoms with Gasteiger partial charge in [0, 0.05) is 0 Å². The molecular formula is C17H18ClN3O4. The van der Waals surface area contributed by atoms with Gasteiger partial charge in [-0.25, -0.2) is 19.6 Å². The van der Waals surface area contributed by atoms with Crippen LogP contribution in [0.15, 0.2) is 36.5 Å². The number of carbonyl (C=O) groups is 2. The molecule has 0 unspecified atom stereocenters. The first kappa shape index (κ1) is 18.7. The molecule has 0 aliphatic carbocycles. The molecular weight excluding hydrogens is 346 g/mol. The van der Waals surface area contributed by atoms with Gasteiger partial charge in [-0.15, -0.1) is 0 Å². The number of nitrogens with zero attached hydrogens (tertiary/aromatic N) is 2. The summed E-state index contributed by atoms with van der Waals surface area (Å²) in [6.07, 6.45) is 0.506. The first-order valence-corrected chi connectivity index (χ1v) is 7.86. The first-order valence-electron chi connectivity index (χ1n) is 7.48. The summed E-state index contributed by atoms with van der Waals surface area (Å²) >= 11 is 5.96. The Bertz CT molecular complexity index is 760. The van der Waals surface area contributed by atoms with Gasteiger partial charge in [0.05, 0.1) is 6.20 Å². The molecule has 0 radical (unpaired) electrons. The molecule has 7 nitrogen and oxygen atoms in total. The summed E-state index contributed by atoms with van der Waals surface area (Å²) in [6, 6.07) is 9.20. The van der Waals surface area contributed by atoms with Crippen molar-refractivity contribution in [1.29, 1.82) is 0 Å². The maximum atomic E-state index is 12.0. The van der Waals surface area contributed by atoms with Crippen LogP contribution in [0.2, 0.25) is 5.15 Å². The summed E-state index contributed by atoms with van der Waals surface area (Å²) in [4.78, 5) is 31.5. The summed E-state index contributed by atoms with van der Waals surface area (Å²) in [5, 5.41) is 2.22. The van der Waals surface area contributed by atoms with Crippen LogP contribution in [0.1, 0.15) is 36.8 Å². The molecule has 1 amide bonds. The third-order valence-corrected chi connectivity index (χ3v) is 3.03. The van der Waals surface area contributed by atoms with Crippen molar-refractivity contribution < 1.29 is 19.1 Å². The summed E-state index contributed by atoms with van der Waals surface area (Å²) in [5.74, 6) is -0.635. The van der Waals surface area contributed by atoms with Gasteiger partial charge in [-0.3, -0.25) is 5.32 Å². The molecule has 0 saturated heterocycles. The Morgan fingerprint density at radius 2 is 1.88 bits per heavy atom. The fourth-order valence-corrected chi connectivity index (χ4v) is 1.98. The van der Waals surface area contributed by atoms with Crippen LogP contribution < -0.4 is 5.32 Å². The zero-order valence-electron chi connectivity index (χ0n) is 14.1. The van der Waals surface area contributed by atoms with E-state index in [1.807, 2.05) is 30.3 Å². The van der Waals surface area contributed by atoms with Gasteiger partial charge in [0.25, 0.3) is 0 Å². The molecule has 1 N–H and O–H groups in total. The number of anilines is 1. The van der Waals surface area contributed by atoms with Crippen molar-refractivity contribution in [2.75, 3.05) is 5.32 Å². The molecule has 1 aromatic heterocycles. The normalized spacial score (nSPS) is 10.9. The van der Waals surface area contributed by atoms with Crippen LogP contribution in [-0.4, -0.2) is 27.6 Å². The SMILES string of the molecule is CC(C)(C)OC(=O)Nc1cnc(C(=O)OCc2ccccc2)c(Cl)n1. The number of halogens is 1. The monoisotopic (exact) mass is 363 g/mol. The summed E-state index contributed by atoms with van der Waals surface area (Å²) in [7, 11) is 0. The topological polar surface area (TPSA) is 90.4 Å². The zero-order valence-corrected chi connectivity index (χ0v) is 14.8. The van der Waals surface area contributed by atoms with E-state index in [2.05, 4.69) is 15.3 Å². The average molecular weight is 364 g/mol. The number of hydrogen-bond acceptors (Lipinski definition) is 6. The van der Waals surface area contributed by atoms with Gasteiger partial charge in [-0.05, 0) is 26.3 Å². The van der Waals surface area contributed by atoms with E-state index in [0.717, 1.165) is 5.56 Å². The van der Waals surface area contributed by atoms with E-state index in [4.69, 9.17) is 21.1 Å². The summed E-state index contributed by atoms with van der Waals surface area (Å²) in [5.41, 5.74) is 0.0538. The molecule has 1 heterocycles. The molecule has 0 saturated carbocycles. The van der Waals surface area contributed by atoms with Crippen molar-refractivity contribution in [3.05, 3.63) is 52.9 Å². The van der Waals surface area contributed by atoms with Crippen LogP contribution in [0.4, 0.5) is 10.6 Å². The first-order chi connectivity index (χ1) is 11.7. The molecule has 2 aromatic rings. The van der Waals surface area contributed by atoms with E-state index < -0.39 is 17.7 Å². The second-order valence-corrected chi connectivity index (χ2v) is 6.44. The van der Waals surface area contributed by atoms with Crippen molar-refractivity contribution in [3.63, 3.8) is 0 Å². The zero-order chi connectivity index (χ0) is 18.4. The van der Waals surface area contributed by atoms with Gasteiger partial charge in [0.1, 0.15) is 12.2 Å². The number of carbonyl (C=O) groups excluding carboxylic acids is 2. The Labute approximate surface area is 150 Å². The van der Waals surface area contributed by atoms with Crippen LogP contribution >= 0.6 is 11.6 Å². The Morgan fingerprint density at radius 3 is 2.48 bits per heavy atom. The Morgan fingerprint density at radius 1 is 1.20 bits per heavy atom. The van der Waals surface area contributed by atoms with E-state index in [-0.39, 0.29) is 23.3 Å². The highest BCUT2D eigenvalue weighted by Gasteiger charge is 2.19. The smallest absolute Gasteiger partial charge is 0.413 e. The fourth-order valence-electron chi connectivity index (χ4n) is 1.76. The molecule has 0 bridgehead atoms. The molecule has 2 rings (SSSR count). The number of amides is 1. The number of esters is 1. The molecule has 0 atom stereocenters. The predicted molar refractivity (Wildman–Crippen MR) is 92.5 cm³/mol. The van der Waals surface area contributed by atoms with Crippen molar-refractivity contribution in [2.24, 2.45) is 0 Å². The van der Waals surface area contributed by atoms with Gasteiger partial charge in [0.15, 0.2) is 16.7 Å². The lowest BCUT2D eigenvalue weighted by Gasteiger charge is -2.19. The third-order valence-electron chi connectivity index (χ3n) is 2.77. The minimum Gasteiger partial charge on any atom is -0.456 e. The van der Waals surface area contributed by atoms with Crippen LogP contribution in [0, 0.1) is 0 Å². The predicted octanol–water partition coefficient (Wildman–Crippen LogP) is 3.83. The highest BCUT2D eigenvalue weighted by atomic mass is 35.5. The van der Waals surface area contributed by atoms with Crippen molar-refractivity contribution >= 4 is 29.5 Å². The van der Waals surface area contributed by atoms with Crippen molar-refractivity contribution in [2.45, 2.75) is 33.0 Å². The number of hydrogen-bond donors (Lipinski definition) is 1. The van der Waals surface area contributed by atoms with Crippen LogP contribution in [0.5, 0.6) is 0 Å². The molecule has 0 fully saturated rings. The molecule has 25 heavy (non-hydrogen) atoms. The summed E-state index contributed by atoms with van der Waals surface area (Å²) in [6.45, 7) is 5.29. The lowest BCUT2D eigenvalue weighted by molar-refractivity contribution is 0.0465. The van der Waals surface area contributed by atoms with Crippen LogP contribution in [-0.2, 0) is 16.1 Å². The van der Waals surface area contributed by atoms with Gasteiger partial charge >= 0.3 is 12.1 Å². The van der Waals surface area contributed by atoms with Gasteiger partial charge in [-0.1, -0.05) is 41.9 Å². The molecule has 132 valence electrons. The van der Waals surface area contributed by atoms with Crippen molar-refractivity contribution in [3.8, 4) is 0 Å². The van der Waals surface area contributed by atoms with Gasteiger partial charge in [0.2, 0.25) is 0 Å². The lowest BCUT2D eigenvalue weighted by Crippen LogP contribution is -2.27. The van der Waals surface area contributed by atoms with E-state index in [1.54, 1.807) is 20.8 Å². The van der Waals surface area contributed by atoms with E-state index >= 15 is 0 Å². The fraction of sp³-hybridized carbons (Fsp3) is 0.294. The maximum Gasteiger partial charge on any atom is 0.413 e.